The van der Waals surface area contributed by atoms with Crippen LogP contribution < -0.4 is 10.6 Å². The number of rotatable bonds is 7. The summed E-state index contributed by atoms with van der Waals surface area (Å²) in [6.07, 6.45) is 2.02. The van der Waals surface area contributed by atoms with Gasteiger partial charge in [0.2, 0.25) is 0 Å². The molecule has 9 nitrogen and oxygen atoms in total. The Kier molecular flexibility index (Phi) is 6.45. The number of aliphatic hydroxyl groups is 1. The third kappa shape index (κ3) is 4.56. The molecule has 0 radical (unpaired) electrons. The summed E-state index contributed by atoms with van der Waals surface area (Å²) in [6, 6.07) is 4.31. The Balaban J connectivity index is 1.71. The summed E-state index contributed by atoms with van der Waals surface area (Å²) >= 11 is 7.71. The van der Waals surface area contributed by atoms with Crippen LogP contribution in [0.4, 0.5) is 18.0 Å². The molecule has 14 heteroatoms. The Morgan fingerprint density at radius 3 is 2.81 bits per heavy atom. The SMILES string of the molecule is O=C1N[C@](CO)(CC2=C(c3ccn(C(F)F)n3)[C@H](c3ccc(F)cc3Cl)N=C(c3nccs3)N2)CO1. The smallest absolute Gasteiger partial charge is 0.407 e. The maximum Gasteiger partial charge on any atom is 0.407 e. The van der Waals surface area contributed by atoms with Crippen LogP contribution in [-0.4, -0.2) is 50.6 Å². The molecule has 4 heterocycles. The molecule has 2 aromatic heterocycles. The first-order valence-electron chi connectivity index (χ1n) is 10.6. The molecule has 2 aliphatic rings. The first-order chi connectivity index (χ1) is 17.3. The quantitative estimate of drug-likeness (QED) is 0.420. The predicted molar refractivity (Wildman–Crippen MR) is 125 cm³/mol. The Labute approximate surface area is 211 Å². The minimum Gasteiger partial charge on any atom is -0.447 e. The number of carbonyl (C=O) groups is 1. The van der Waals surface area contributed by atoms with Crippen molar-refractivity contribution >= 4 is 40.4 Å². The number of amides is 1. The van der Waals surface area contributed by atoms with Crippen molar-refractivity contribution in [1.29, 1.82) is 0 Å². The average Bonchev–Trinajstić information content (AvgIpc) is 3.61. The standard InChI is InChI=1S/C22H18ClF3N6O3S/c23-13-7-11(24)1-2-12(13)17-16(14-3-5-32(31-14)20(25)26)15(8-22(9-33)10-35-21(34)30-22)28-18(29-17)19-27-4-6-36-19/h1-7,17,20,33H,8-10H2,(H,28,29)(H,30,34)/t17-,22-/m0/s1. The van der Waals surface area contributed by atoms with Crippen LogP contribution in [0.2, 0.25) is 5.02 Å². The van der Waals surface area contributed by atoms with Gasteiger partial charge in [-0.2, -0.15) is 13.9 Å². The van der Waals surface area contributed by atoms with Gasteiger partial charge in [0.05, 0.1) is 12.3 Å². The molecule has 1 aromatic carbocycles. The van der Waals surface area contributed by atoms with Gasteiger partial charge in [0.15, 0.2) is 10.8 Å². The van der Waals surface area contributed by atoms with Gasteiger partial charge >= 0.3 is 12.6 Å². The summed E-state index contributed by atoms with van der Waals surface area (Å²) in [6.45, 7) is -3.47. The highest BCUT2D eigenvalue weighted by molar-refractivity contribution is 7.11. The number of hydrogen-bond donors (Lipinski definition) is 3. The minimum absolute atomic E-state index is 0.00577. The monoisotopic (exact) mass is 538 g/mol. The number of alkyl halides is 2. The van der Waals surface area contributed by atoms with Gasteiger partial charge in [-0.25, -0.2) is 18.9 Å². The van der Waals surface area contributed by atoms with Crippen molar-refractivity contribution in [3.8, 4) is 0 Å². The summed E-state index contributed by atoms with van der Waals surface area (Å²) in [5.74, 6) is -0.208. The third-order valence-electron chi connectivity index (χ3n) is 5.77. The molecule has 1 amide bonds. The highest BCUT2D eigenvalue weighted by atomic mass is 35.5. The zero-order chi connectivity index (χ0) is 25.4. The molecule has 1 saturated heterocycles. The van der Waals surface area contributed by atoms with Crippen LogP contribution in [0.3, 0.4) is 0 Å². The lowest BCUT2D eigenvalue weighted by molar-refractivity contribution is 0.0564. The number of ether oxygens (including phenoxy) is 1. The molecule has 0 saturated carbocycles. The molecule has 5 rings (SSSR count). The molecule has 3 N–H and O–H groups in total. The van der Waals surface area contributed by atoms with Crippen LogP contribution in [0.1, 0.15) is 35.3 Å². The molecule has 3 aromatic rings. The largest absolute Gasteiger partial charge is 0.447 e. The fraction of sp³-hybridized carbons (Fsp3) is 0.273. The average molecular weight is 539 g/mol. The minimum atomic E-state index is -2.88. The van der Waals surface area contributed by atoms with Crippen LogP contribution in [0, 0.1) is 5.82 Å². The Morgan fingerprint density at radius 1 is 1.36 bits per heavy atom. The van der Waals surface area contributed by atoms with Gasteiger partial charge in [-0.15, -0.1) is 11.3 Å². The number of carbonyl (C=O) groups excluding carboxylic acids is 1. The normalized spacial score (nSPS) is 21.9. The number of aliphatic imine (C=N–C) groups is 1. The van der Waals surface area contributed by atoms with Gasteiger partial charge in [-0.3, -0.25) is 4.99 Å². The number of alkyl carbamates (subject to hydrolysis) is 1. The number of nitrogens with zero attached hydrogens (tertiary/aromatic N) is 4. The van der Waals surface area contributed by atoms with E-state index in [2.05, 4.69) is 20.7 Å². The Hall–Kier alpha value is -3.42. The highest BCUT2D eigenvalue weighted by Gasteiger charge is 2.42. The second-order valence-corrected chi connectivity index (χ2v) is 9.48. The molecule has 2 aliphatic heterocycles. The number of hydrogen-bond acceptors (Lipinski definition) is 8. The van der Waals surface area contributed by atoms with Crippen molar-refractivity contribution in [2.75, 3.05) is 13.2 Å². The molecule has 0 aliphatic carbocycles. The van der Waals surface area contributed by atoms with Crippen LogP contribution in [0.15, 0.2) is 52.7 Å². The van der Waals surface area contributed by atoms with Crippen LogP contribution >= 0.6 is 22.9 Å². The van der Waals surface area contributed by atoms with Gasteiger partial charge in [0.25, 0.3) is 0 Å². The van der Waals surface area contributed by atoms with E-state index in [1.807, 2.05) is 0 Å². The molecule has 0 spiro atoms. The second kappa shape index (κ2) is 9.56. The molecule has 0 unspecified atom stereocenters. The summed E-state index contributed by atoms with van der Waals surface area (Å²) in [5, 5.41) is 22.3. The van der Waals surface area contributed by atoms with E-state index in [1.165, 1.54) is 29.5 Å². The second-order valence-electron chi connectivity index (χ2n) is 8.18. The number of amidine groups is 1. The number of cyclic esters (lactones) is 1. The topological polar surface area (TPSA) is 114 Å². The Bertz CT molecular complexity index is 1360. The summed E-state index contributed by atoms with van der Waals surface area (Å²) in [4.78, 5) is 20.9. The van der Waals surface area contributed by atoms with Gasteiger partial charge in [0, 0.05) is 46.1 Å². The highest BCUT2D eigenvalue weighted by Crippen LogP contribution is 2.42. The molecule has 36 heavy (non-hydrogen) atoms. The van der Waals surface area contributed by atoms with Gasteiger partial charge in [-0.1, -0.05) is 17.7 Å². The fourth-order valence-electron chi connectivity index (χ4n) is 4.09. The van der Waals surface area contributed by atoms with Crippen molar-refractivity contribution < 1.29 is 27.8 Å². The first-order valence-corrected chi connectivity index (χ1v) is 11.9. The first kappa shape index (κ1) is 24.3. The van der Waals surface area contributed by atoms with E-state index in [4.69, 9.17) is 21.3 Å². The number of aliphatic hydroxyl groups excluding tert-OH is 1. The van der Waals surface area contributed by atoms with E-state index in [1.54, 1.807) is 11.6 Å². The maximum atomic E-state index is 13.9. The zero-order valence-electron chi connectivity index (χ0n) is 18.3. The summed E-state index contributed by atoms with van der Waals surface area (Å²) < 4.78 is 46.2. The molecule has 188 valence electrons. The van der Waals surface area contributed by atoms with Crippen LogP contribution in [0.5, 0.6) is 0 Å². The molecular formula is C22H18ClF3N6O3S. The van der Waals surface area contributed by atoms with Crippen molar-refractivity contribution in [3.05, 3.63) is 74.8 Å². The third-order valence-corrected chi connectivity index (χ3v) is 6.87. The lowest BCUT2D eigenvalue weighted by Gasteiger charge is -2.32. The van der Waals surface area contributed by atoms with E-state index in [9.17, 15) is 23.1 Å². The lowest BCUT2D eigenvalue weighted by atomic mass is 9.87. The summed E-state index contributed by atoms with van der Waals surface area (Å²) in [7, 11) is 0. The van der Waals surface area contributed by atoms with Gasteiger partial charge in [0.1, 0.15) is 24.0 Å². The van der Waals surface area contributed by atoms with Crippen molar-refractivity contribution in [1.82, 2.24) is 25.4 Å². The number of nitrogens with one attached hydrogen (secondary N) is 2. The zero-order valence-corrected chi connectivity index (χ0v) is 19.9. The maximum absolute atomic E-state index is 13.9. The predicted octanol–water partition coefficient (Wildman–Crippen LogP) is 3.89. The van der Waals surface area contributed by atoms with Crippen molar-refractivity contribution in [2.45, 2.75) is 24.6 Å². The molecular weight excluding hydrogens is 521 g/mol. The van der Waals surface area contributed by atoms with Crippen LogP contribution in [0.25, 0.3) is 5.57 Å². The van der Waals surface area contributed by atoms with E-state index in [0.717, 1.165) is 12.3 Å². The number of thiazole rings is 1. The van der Waals surface area contributed by atoms with Crippen LogP contribution in [-0.2, 0) is 4.74 Å². The number of aromatic nitrogens is 3. The van der Waals surface area contributed by atoms with E-state index in [0.29, 0.717) is 32.4 Å². The molecule has 0 bridgehead atoms. The number of benzene rings is 1. The lowest BCUT2D eigenvalue weighted by Crippen LogP contribution is -2.49. The van der Waals surface area contributed by atoms with Gasteiger partial charge in [-0.05, 0) is 18.2 Å². The van der Waals surface area contributed by atoms with E-state index in [-0.39, 0.29) is 23.7 Å². The Morgan fingerprint density at radius 2 is 2.19 bits per heavy atom. The summed E-state index contributed by atoms with van der Waals surface area (Å²) in [5.41, 5.74) is 0.136. The molecule has 2 atom stereocenters. The number of halogens is 4. The fourth-order valence-corrected chi connectivity index (χ4v) is 4.95. The molecule has 1 fully saturated rings. The van der Waals surface area contributed by atoms with E-state index < -0.39 is 36.6 Å². The van der Waals surface area contributed by atoms with Gasteiger partial charge < -0.3 is 20.5 Å². The van der Waals surface area contributed by atoms with Crippen molar-refractivity contribution in [3.63, 3.8) is 0 Å². The van der Waals surface area contributed by atoms with E-state index >= 15 is 0 Å². The van der Waals surface area contributed by atoms with Crippen molar-refractivity contribution in [2.24, 2.45) is 4.99 Å².